The van der Waals surface area contributed by atoms with Gasteiger partial charge >= 0.3 is 0 Å². The Balaban J connectivity index is 1.67. The van der Waals surface area contributed by atoms with Crippen LogP contribution in [0.25, 0.3) is 0 Å². The number of ether oxygens (including phenoxy) is 1. The van der Waals surface area contributed by atoms with Gasteiger partial charge < -0.3 is 14.7 Å². The van der Waals surface area contributed by atoms with Crippen LogP contribution >= 0.6 is 0 Å². The molecule has 0 fully saturated rings. The van der Waals surface area contributed by atoms with Gasteiger partial charge in [-0.15, -0.1) is 0 Å². The molecule has 0 atom stereocenters. The second kappa shape index (κ2) is 14.4. The van der Waals surface area contributed by atoms with Crippen LogP contribution in [0.1, 0.15) is 45.4 Å². The molecule has 1 N–H and O–H groups in total. The van der Waals surface area contributed by atoms with Crippen LogP contribution in [0, 0.1) is 6.92 Å². The minimum absolute atomic E-state index is 0.338. The topological polar surface area (TPSA) is 35.9 Å². The highest BCUT2D eigenvalue weighted by molar-refractivity contribution is 5.64. The Morgan fingerprint density at radius 2 is 1.14 bits per heavy atom. The Morgan fingerprint density at radius 3 is 1.66 bits per heavy atom. The van der Waals surface area contributed by atoms with Crippen LogP contribution in [0.4, 0.5) is 0 Å². The second-order valence-electron chi connectivity index (χ2n) is 11.8. The number of aromatic hydroxyl groups is 1. The zero-order valence-corrected chi connectivity index (χ0v) is 26.4. The summed E-state index contributed by atoms with van der Waals surface area (Å²) >= 11 is 0. The Morgan fingerprint density at radius 1 is 0.636 bits per heavy atom. The van der Waals surface area contributed by atoms with Gasteiger partial charge in [-0.2, -0.15) is 0 Å². The Hall–Kier alpha value is -4.38. The normalized spacial score (nSPS) is 11.7. The van der Waals surface area contributed by atoms with Crippen molar-refractivity contribution in [2.45, 2.75) is 31.8 Å². The molecule has 4 nitrogen and oxygen atoms in total. The summed E-state index contributed by atoms with van der Waals surface area (Å²) in [6, 6.07) is 44.3. The van der Waals surface area contributed by atoms with E-state index in [4.69, 9.17) is 4.74 Å². The lowest BCUT2D eigenvalue weighted by atomic mass is 9.64. The Bertz CT molecular complexity index is 1520. The van der Waals surface area contributed by atoms with Gasteiger partial charge in [0.2, 0.25) is 0 Å². The first-order valence-electron chi connectivity index (χ1n) is 15.4. The van der Waals surface area contributed by atoms with Crippen LogP contribution in [-0.4, -0.2) is 49.2 Å². The lowest BCUT2D eigenvalue weighted by Gasteiger charge is -2.38. The summed E-state index contributed by atoms with van der Waals surface area (Å²) < 4.78 is 5.71. The van der Waals surface area contributed by atoms with E-state index in [-0.39, 0.29) is 0 Å². The number of hydrogen-bond donors (Lipinski definition) is 1. The Labute approximate surface area is 263 Å². The van der Waals surface area contributed by atoms with E-state index in [0.29, 0.717) is 12.3 Å². The number of hydrogen-bond acceptors (Lipinski definition) is 4. The minimum Gasteiger partial charge on any atom is -0.507 e. The number of benzene rings is 5. The van der Waals surface area contributed by atoms with Crippen molar-refractivity contribution >= 4 is 0 Å². The smallest absolute Gasteiger partial charge is 0.124 e. The van der Waals surface area contributed by atoms with Crippen LogP contribution in [0.3, 0.4) is 0 Å². The van der Waals surface area contributed by atoms with Gasteiger partial charge in [-0.25, -0.2) is 0 Å². The van der Waals surface area contributed by atoms with Gasteiger partial charge in [0.1, 0.15) is 11.5 Å². The number of para-hydroxylation sites is 1. The molecule has 0 aliphatic rings. The summed E-state index contributed by atoms with van der Waals surface area (Å²) in [5.74, 6) is 1.22. The monoisotopic (exact) mass is 584 g/mol. The summed E-state index contributed by atoms with van der Waals surface area (Å²) in [6.07, 6.45) is 1.02. The van der Waals surface area contributed by atoms with Crippen molar-refractivity contribution < 1.29 is 9.84 Å². The predicted octanol–water partition coefficient (Wildman–Crippen LogP) is 8.05. The molecular weight excluding hydrogens is 540 g/mol. The average molecular weight is 585 g/mol. The summed E-state index contributed by atoms with van der Waals surface area (Å²) in [6.45, 7) is 5.35. The van der Waals surface area contributed by atoms with E-state index in [1.54, 1.807) is 7.11 Å². The molecule has 4 heteroatoms. The number of methoxy groups -OCH3 is 1. The molecule has 5 rings (SSSR count). The van der Waals surface area contributed by atoms with Crippen LogP contribution in [0.5, 0.6) is 11.5 Å². The molecule has 0 bridgehead atoms. The van der Waals surface area contributed by atoms with Crippen LogP contribution in [-0.2, 0) is 18.5 Å². The van der Waals surface area contributed by atoms with E-state index in [0.717, 1.165) is 70.7 Å². The van der Waals surface area contributed by atoms with Gasteiger partial charge in [0.25, 0.3) is 0 Å². The third kappa shape index (κ3) is 6.72. The molecule has 44 heavy (non-hydrogen) atoms. The van der Waals surface area contributed by atoms with Crippen molar-refractivity contribution in [1.82, 2.24) is 9.80 Å². The lowest BCUT2D eigenvalue weighted by Crippen LogP contribution is -2.32. The van der Waals surface area contributed by atoms with E-state index >= 15 is 0 Å². The molecule has 0 aliphatic carbocycles. The van der Waals surface area contributed by atoms with Gasteiger partial charge in [-0.1, -0.05) is 127 Å². The fraction of sp³-hybridized carbons (Fsp3) is 0.250. The predicted molar refractivity (Wildman–Crippen MR) is 181 cm³/mol. The maximum atomic E-state index is 12.4. The van der Waals surface area contributed by atoms with Crippen molar-refractivity contribution in [3.05, 3.63) is 166 Å². The van der Waals surface area contributed by atoms with Crippen LogP contribution in [0.2, 0.25) is 0 Å². The first-order valence-corrected chi connectivity index (χ1v) is 15.4. The molecule has 0 saturated heterocycles. The number of phenols is 1. The van der Waals surface area contributed by atoms with Gasteiger partial charge in [-0.3, -0.25) is 4.90 Å². The zero-order chi connectivity index (χ0) is 30.9. The number of phenolic OH excluding ortho intramolecular Hbond substituents is 1. The SMILES string of the molecule is COc1ccccc1CN(CCCN(C)C)Cc1cc(C)cc(C(c2ccccc2)(c2ccccc2)c2ccccc2)c1O. The molecule has 0 radical (unpaired) electrons. The quantitative estimate of drug-likeness (QED) is 0.142. The van der Waals surface area contributed by atoms with Crippen LogP contribution < -0.4 is 4.74 Å². The van der Waals surface area contributed by atoms with Gasteiger partial charge in [-0.05, 0) is 56.7 Å². The number of nitrogens with zero attached hydrogens (tertiary/aromatic N) is 2. The molecule has 0 saturated carbocycles. The molecular formula is C40H44N2O2. The van der Waals surface area contributed by atoms with E-state index in [9.17, 15) is 5.11 Å². The molecule has 0 aliphatic heterocycles. The van der Waals surface area contributed by atoms with E-state index in [1.807, 2.05) is 12.1 Å². The standard InChI is InChI=1S/C40H44N2O2/c1-31-27-33(30-42(26-16-25-41(2)3)29-32-17-14-15-24-38(32)44-4)39(43)37(28-31)40(34-18-8-5-9-19-34,35-20-10-6-11-21-35)36-22-12-7-13-23-36/h5-15,17-24,27-28,43H,16,25-26,29-30H2,1-4H3. The fourth-order valence-corrected chi connectivity index (χ4v) is 6.43. The molecule has 5 aromatic carbocycles. The van der Waals surface area contributed by atoms with E-state index in [2.05, 4.69) is 146 Å². The van der Waals surface area contributed by atoms with Crippen LogP contribution in [0.15, 0.2) is 127 Å². The van der Waals surface area contributed by atoms with Crippen molar-refractivity contribution in [2.75, 3.05) is 34.3 Å². The highest BCUT2D eigenvalue weighted by Gasteiger charge is 2.41. The van der Waals surface area contributed by atoms with E-state index in [1.165, 1.54) is 0 Å². The fourth-order valence-electron chi connectivity index (χ4n) is 6.43. The first-order chi connectivity index (χ1) is 21.4. The molecule has 0 amide bonds. The molecule has 0 spiro atoms. The Kier molecular flexibility index (Phi) is 10.2. The second-order valence-corrected chi connectivity index (χ2v) is 11.8. The molecule has 5 aromatic rings. The van der Waals surface area contributed by atoms with Crippen molar-refractivity contribution in [2.24, 2.45) is 0 Å². The highest BCUT2D eigenvalue weighted by Crippen LogP contribution is 2.49. The maximum absolute atomic E-state index is 12.4. The van der Waals surface area contributed by atoms with Crippen molar-refractivity contribution in [3.63, 3.8) is 0 Å². The molecule has 0 unspecified atom stereocenters. The third-order valence-electron chi connectivity index (χ3n) is 8.42. The van der Waals surface area contributed by atoms with Gasteiger partial charge in [0, 0.05) is 36.3 Å². The van der Waals surface area contributed by atoms with Gasteiger partial charge in [0.05, 0.1) is 12.5 Å². The third-order valence-corrected chi connectivity index (χ3v) is 8.42. The maximum Gasteiger partial charge on any atom is 0.124 e. The summed E-state index contributed by atoms with van der Waals surface area (Å²) in [5, 5.41) is 12.4. The summed E-state index contributed by atoms with van der Waals surface area (Å²) in [4.78, 5) is 4.65. The lowest BCUT2D eigenvalue weighted by molar-refractivity contribution is 0.233. The molecule has 0 heterocycles. The molecule has 226 valence electrons. The van der Waals surface area contributed by atoms with Gasteiger partial charge in [0.15, 0.2) is 0 Å². The summed E-state index contributed by atoms with van der Waals surface area (Å²) in [7, 11) is 5.95. The molecule has 0 aromatic heterocycles. The number of aryl methyl sites for hydroxylation is 1. The van der Waals surface area contributed by atoms with Crippen molar-refractivity contribution in [3.8, 4) is 11.5 Å². The van der Waals surface area contributed by atoms with E-state index < -0.39 is 5.41 Å². The largest absolute Gasteiger partial charge is 0.507 e. The number of rotatable bonds is 13. The summed E-state index contributed by atoms with van der Waals surface area (Å²) in [5.41, 5.74) is 6.69. The highest BCUT2D eigenvalue weighted by atomic mass is 16.5. The zero-order valence-electron chi connectivity index (χ0n) is 26.4. The van der Waals surface area contributed by atoms with Crippen molar-refractivity contribution in [1.29, 1.82) is 0 Å². The minimum atomic E-state index is -0.715. The first kappa shape index (κ1) is 31.1. The average Bonchev–Trinajstić information content (AvgIpc) is 3.05.